The molecule has 0 bridgehead atoms. The quantitative estimate of drug-likeness (QED) is 0.761. The van der Waals surface area contributed by atoms with Crippen molar-refractivity contribution in [3.05, 3.63) is 65.0 Å². The van der Waals surface area contributed by atoms with Crippen LogP contribution in [0.25, 0.3) is 0 Å². The van der Waals surface area contributed by atoms with Crippen molar-refractivity contribution in [2.75, 3.05) is 0 Å². The highest BCUT2D eigenvalue weighted by Crippen LogP contribution is 2.29. The van der Waals surface area contributed by atoms with Gasteiger partial charge in [-0.3, -0.25) is 0 Å². The summed E-state index contributed by atoms with van der Waals surface area (Å²) < 4.78 is 13.9. The van der Waals surface area contributed by atoms with Crippen molar-refractivity contribution in [1.82, 2.24) is 0 Å². The Morgan fingerprint density at radius 1 is 1.00 bits per heavy atom. The zero-order valence-electron chi connectivity index (χ0n) is 10.9. The molecule has 0 aliphatic rings. The molecule has 0 fully saturated rings. The molecule has 0 aliphatic carbocycles. The van der Waals surface area contributed by atoms with Gasteiger partial charge < -0.3 is 5.11 Å². The van der Waals surface area contributed by atoms with Crippen molar-refractivity contribution in [3.63, 3.8) is 0 Å². The highest BCUT2D eigenvalue weighted by molar-refractivity contribution is 5.48. The minimum absolute atomic E-state index is 0.0349. The fourth-order valence-corrected chi connectivity index (χ4v) is 1.91. The molecular weight excluding hydrogens is 239 g/mol. The normalized spacial score (nSPS) is 10.1. The van der Waals surface area contributed by atoms with Gasteiger partial charge in [-0.2, -0.15) is 0 Å². The van der Waals surface area contributed by atoms with Crippen molar-refractivity contribution in [3.8, 4) is 17.6 Å². The van der Waals surface area contributed by atoms with Gasteiger partial charge in [0.15, 0.2) is 0 Å². The van der Waals surface area contributed by atoms with Gasteiger partial charge in [0.05, 0.1) is 0 Å². The topological polar surface area (TPSA) is 20.2 Å². The van der Waals surface area contributed by atoms with E-state index in [9.17, 15) is 9.50 Å². The van der Waals surface area contributed by atoms with E-state index >= 15 is 0 Å². The van der Waals surface area contributed by atoms with Crippen LogP contribution in [0.15, 0.2) is 42.5 Å². The summed E-state index contributed by atoms with van der Waals surface area (Å²) in [5, 5.41) is 9.83. The van der Waals surface area contributed by atoms with Crippen molar-refractivity contribution < 1.29 is 9.50 Å². The first kappa shape index (κ1) is 13.2. The third kappa shape index (κ3) is 3.14. The van der Waals surface area contributed by atoms with E-state index in [1.165, 1.54) is 12.1 Å². The zero-order chi connectivity index (χ0) is 13.8. The monoisotopic (exact) mass is 254 g/mol. The number of hydrogen-bond acceptors (Lipinski definition) is 1. The summed E-state index contributed by atoms with van der Waals surface area (Å²) in [6.07, 6.45) is 0. The number of aromatic hydroxyl groups is 1. The Morgan fingerprint density at radius 3 is 2.21 bits per heavy atom. The summed E-state index contributed by atoms with van der Waals surface area (Å²) in [6, 6.07) is 12.3. The maximum absolute atomic E-state index is 13.9. The Balaban J connectivity index is 2.36. The lowest BCUT2D eigenvalue weighted by atomic mass is 9.99. The van der Waals surface area contributed by atoms with E-state index in [1.807, 2.05) is 44.2 Å². The molecule has 19 heavy (non-hydrogen) atoms. The molecule has 1 nitrogen and oxygen atoms in total. The van der Waals surface area contributed by atoms with E-state index in [4.69, 9.17) is 0 Å². The maximum Gasteiger partial charge on any atom is 0.131 e. The predicted octanol–water partition coefficient (Wildman–Crippen LogP) is 4.05. The molecule has 0 unspecified atom stereocenters. The molecule has 0 heterocycles. The molecule has 0 amide bonds. The second-order valence-corrected chi connectivity index (χ2v) is 4.66. The fourth-order valence-electron chi connectivity index (χ4n) is 1.91. The van der Waals surface area contributed by atoms with Gasteiger partial charge in [-0.1, -0.05) is 43.9 Å². The minimum atomic E-state index is -0.410. The lowest BCUT2D eigenvalue weighted by Crippen LogP contribution is -1.95. The van der Waals surface area contributed by atoms with Gasteiger partial charge in [-0.15, -0.1) is 0 Å². The van der Waals surface area contributed by atoms with E-state index in [0.717, 1.165) is 5.56 Å². The molecule has 2 aromatic rings. The van der Waals surface area contributed by atoms with Gasteiger partial charge in [-0.25, -0.2) is 4.39 Å². The summed E-state index contributed by atoms with van der Waals surface area (Å²) in [5.41, 5.74) is 1.67. The molecule has 0 aliphatic heterocycles. The van der Waals surface area contributed by atoms with Crippen LogP contribution in [0.1, 0.15) is 36.5 Å². The van der Waals surface area contributed by atoms with Crippen molar-refractivity contribution in [2.24, 2.45) is 0 Å². The van der Waals surface area contributed by atoms with E-state index in [1.54, 1.807) is 0 Å². The predicted molar refractivity (Wildman–Crippen MR) is 74.6 cm³/mol. The number of halogens is 1. The Kier molecular flexibility index (Phi) is 3.87. The Hall–Kier alpha value is -2.27. The molecule has 2 rings (SSSR count). The summed E-state index contributed by atoms with van der Waals surface area (Å²) in [5.74, 6) is 5.29. The molecule has 1 N–H and O–H groups in total. The first-order chi connectivity index (χ1) is 9.08. The molecule has 0 saturated heterocycles. The van der Waals surface area contributed by atoms with Crippen molar-refractivity contribution in [2.45, 2.75) is 19.8 Å². The number of benzene rings is 2. The molecule has 0 radical (unpaired) electrons. The molecule has 0 saturated carbocycles. The standard InChI is InChI=1S/C17H15FO/c1-12(2)17-15(18)10-14(11-16(17)19)9-8-13-6-4-3-5-7-13/h3-7,10-12,19H,1-2H3. The number of phenolic OH excluding ortho intramolecular Hbond substituents is 1. The average Bonchev–Trinajstić information content (AvgIpc) is 2.36. The highest BCUT2D eigenvalue weighted by Gasteiger charge is 2.12. The summed E-state index contributed by atoms with van der Waals surface area (Å²) >= 11 is 0. The first-order valence-corrected chi connectivity index (χ1v) is 6.17. The lowest BCUT2D eigenvalue weighted by Gasteiger charge is -2.09. The molecule has 2 aromatic carbocycles. The first-order valence-electron chi connectivity index (χ1n) is 6.17. The Bertz CT molecular complexity index is 610. The van der Waals surface area contributed by atoms with Crippen LogP contribution in [0.4, 0.5) is 4.39 Å². The van der Waals surface area contributed by atoms with E-state index in [-0.39, 0.29) is 11.7 Å². The molecular formula is C17H15FO. The highest BCUT2D eigenvalue weighted by atomic mass is 19.1. The van der Waals surface area contributed by atoms with Crippen LogP contribution in [0.2, 0.25) is 0 Å². The number of rotatable bonds is 1. The number of phenols is 1. The third-order valence-corrected chi connectivity index (χ3v) is 2.81. The van der Waals surface area contributed by atoms with E-state index < -0.39 is 5.82 Å². The second-order valence-electron chi connectivity index (χ2n) is 4.66. The summed E-state index contributed by atoms with van der Waals surface area (Å²) in [7, 11) is 0. The van der Waals surface area contributed by atoms with Crippen LogP contribution in [-0.2, 0) is 0 Å². The van der Waals surface area contributed by atoms with Gasteiger partial charge in [0, 0.05) is 16.7 Å². The fraction of sp³-hybridized carbons (Fsp3) is 0.176. The Labute approximate surface area is 112 Å². The maximum atomic E-state index is 13.9. The largest absolute Gasteiger partial charge is 0.508 e. The van der Waals surface area contributed by atoms with Crippen molar-refractivity contribution >= 4 is 0 Å². The van der Waals surface area contributed by atoms with Gasteiger partial charge in [0.1, 0.15) is 11.6 Å². The van der Waals surface area contributed by atoms with Crippen molar-refractivity contribution in [1.29, 1.82) is 0 Å². The second kappa shape index (κ2) is 5.58. The van der Waals surface area contributed by atoms with Gasteiger partial charge >= 0.3 is 0 Å². The number of hydrogen-bond donors (Lipinski definition) is 1. The smallest absolute Gasteiger partial charge is 0.131 e. The van der Waals surface area contributed by atoms with Crippen LogP contribution in [-0.4, -0.2) is 5.11 Å². The average molecular weight is 254 g/mol. The molecule has 0 aromatic heterocycles. The molecule has 0 atom stereocenters. The SMILES string of the molecule is CC(C)c1c(O)cc(C#Cc2ccccc2)cc1F. The summed E-state index contributed by atoms with van der Waals surface area (Å²) in [4.78, 5) is 0. The van der Waals surface area contributed by atoms with Crippen LogP contribution >= 0.6 is 0 Å². The van der Waals surface area contributed by atoms with Crippen LogP contribution in [0.5, 0.6) is 5.75 Å². The summed E-state index contributed by atoms with van der Waals surface area (Å²) in [6.45, 7) is 3.68. The molecule has 96 valence electrons. The lowest BCUT2D eigenvalue weighted by molar-refractivity contribution is 0.453. The van der Waals surface area contributed by atoms with Gasteiger partial charge in [-0.05, 0) is 30.2 Å². The molecule has 2 heteroatoms. The Morgan fingerprint density at radius 2 is 1.63 bits per heavy atom. The van der Waals surface area contributed by atoms with Crippen LogP contribution < -0.4 is 0 Å². The van der Waals surface area contributed by atoms with Gasteiger partial charge in [0.25, 0.3) is 0 Å². The van der Waals surface area contributed by atoms with Gasteiger partial charge in [0.2, 0.25) is 0 Å². The van der Waals surface area contributed by atoms with Crippen LogP contribution in [0.3, 0.4) is 0 Å². The molecule has 0 spiro atoms. The van der Waals surface area contributed by atoms with E-state index in [2.05, 4.69) is 11.8 Å². The van der Waals surface area contributed by atoms with Crippen LogP contribution in [0, 0.1) is 17.7 Å². The van der Waals surface area contributed by atoms with E-state index in [0.29, 0.717) is 11.1 Å². The zero-order valence-corrected chi connectivity index (χ0v) is 10.9. The minimum Gasteiger partial charge on any atom is -0.508 e. The third-order valence-electron chi connectivity index (χ3n) is 2.81.